The maximum Gasteiger partial charge on any atom is 0.104 e. The minimum Gasteiger partial charge on any atom is -0.384 e. The van der Waals surface area contributed by atoms with Crippen molar-refractivity contribution in [3.8, 4) is 0 Å². The van der Waals surface area contributed by atoms with E-state index < -0.39 is 6.10 Å². The number of nitrogens with zero attached hydrogens (tertiary/aromatic N) is 1. The molecule has 0 saturated heterocycles. The van der Waals surface area contributed by atoms with Crippen LogP contribution in [0.4, 0.5) is 0 Å². The van der Waals surface area contributed by atoms with E-state index in [1.54, 1.807) is 0 Å². The first-order valence-electron chi connectivity index (χ1n) is 6.59. The van der Waals surface area contributed by atoms with Crippen LogP contribution in [0.15, 0.2) is 54.6 Å². The Morgan fingerprint density at radius 1 is 0.842 bits per heavy atom. The van der Waals surface area contributed by atoms with E-state index in [1.807, 2.05) is 48.5 Å². The fraction of sp³-hybridized carbons (Fsp3) is 0.294. The van der Waals surface area contributed by atoms with Gasteiger partial charge in [0.25, 0.3) is 0 Å². The summed E-state index contributed by atoms with van der Waals surface area (Å²) in [6.07, 6.45) is -0.570. The van der Waals surface area contributed by atoms with Crippen LogP contribution in [-0.4, -0.2) is 24.1 Å². The second kappa shape index (κ2) is 6.00. The fourth-order valence-electron chi connectivity index (χ4n) is 2.23. The minimum atomic E-state index is -0.570. The summed E-state index contributed by atoms with van der Waals surface area (Å²) in [7, 11) is 4.10. The molecule has 0 radical (unpaired) electrons. The van der Waals surface area contributed by atoms with Gasteiger partial charge < -0.3 is 10.0 Å². The second-order valence-corrected chi connectivity index (χ2v) is 5.08. The summed E-state index contributed by atoms with van der Waals surface area (Å²) in [6.45, 7) is 2.15. The molecule has 2 aromatic carbocycles. The van der Waals surface area contributed by atoms with Gasteiger partial charge in [-0.1, -0.05) is 54.6 Å². The van der Waals surface area contributed by atoms with E-state index in [4.69, 9.17) is 0 Å². The number of rotatable bonds is 4. The van der Waals surface area contributed by atoms with Gasteiger partial charge in [0.2, 0.25) is 0 Å². The molecule has 0 amide bonds. The van der Waals surface area contributed by atoms with E-state index in [2.05, 4.69) is 32.0 Å². The lowest BCUT2D eigenvalue weighted by Gasteiger charge is -2.25. The molecule has 0 heterocycles. The monoisotopic (exact) mass is 255 g/mol. The summed E-state index contributed by atoms with van der Waals surface area (Å²) in [6, 6.07) is 18.2. The Morgan fingerprint density at radius 3 is 1.95 bits per heavy atom. The van der Waals surface area contributed by atoms with Crippen molar-refractivity contribution in [3.05, 3.63) is 71.3 Å². The number of hydrogen-bond donors (Lipinski definition) is 1. The van der Waals surface area contributed by atoms with Crippen LogP contribution in [0.2, 0.25) is 0 Å². The van der Waals surface area contributed by atoms with Crippen molar-refractivity contribution in [2.45, 2.75) is 19.1 Å². The Morgan fingerprint density at radius 2 is 1.37 bits per heavy atom. The Bertz CT molecular complexity index is 522. The van der Waals surface area contributed by atoms with Gasteiger partial charge in [0.15, 0.2) is 0 Å². The molecular formula is C17H21NO. The van der Waals surface area contributed by atoms with Gasteiger partial charge in [0, 0.05) is 6.04 Å². The van der Waals surface area contributed by atoms with E-state index in [-0.39, 0.29) is 6.04 Å². The first kappa shape index (κ1) is 13.8. The maximum absolute atomic E-state index is 10.6. The van der Waals surface area contributed by atoms with Crippen molar-refractivity contribution >= 4 is 0 Å². The van der Waals surface area contributed by atoms with Gasteiger partial charge in [-0.05, 0) is 37.7 Å². The van der Waals surface area contributed by atoms with Gasteiger partial charge in [-0.15, -0.1) is 0 Å². The summed E-state index contributed by atoms with van der Waals surface area (Å²) < 4.78 is 0. The summed E-state index contributed by atoms with van der Waals surface area (Å²) in [5, 5.41) is 10.6. The molecule has 0 bridgehead atoms. The lowest BCUT2D eigenvalue weighted by atomic mass is 9.93. The quantitative estimate of drug-likeness (QED) is 0.905. The highest BCUT2D eigenvalue weighted by Gasteiger charge is 2.18. The average molecular weight is 255 g/mol. The Labute approximate surface area is 115 Å². The van der Waals surface area contributed by atoms with Gasteiger partial charge >= 0.3 is 0 Å². The SMILES string of the molecule is C[C@H](c1ccccc1C(O)c1ccccc1)N(C)C. The molecular weight excluding hydrogens is 234 g/mol. The molecule has 1 unspecified atom stereocenters. The smallest absolute Gasteiger partial charge is 0.104 e. The lowest BCUT2D eigenvalue weighted by Crippen LogP contribution is -2.19. The van der Waals surface area contributed by atoms with Crippen LogP contribution in [0.1, 0.15) is 35.8 Å². The van der Waals surface area contributed by atoms with Crippen LogP contribution < -0.4 is 0 Å². The Balaban J connectivity index is 2.40. The standard InChI is InChI=1S/C17H21NO/c1-13(18(2)3)15-11-7-8-12-16(15)17(19)14-9-5-4-6-10-14/h4-13,17,19H,1-3H3/t13-,17?/m1/s1. The molecule has 0 fully saturated rings. The van der Waals surface area contributed by atoms with E-state index in [0.717, 1.165) is 11.1 Å². The summed E-state index contributed by atoms with van der Waals surface area (Å²) in [5.41, 5.74) is 3.08. The molecule has 2 atom stereocenters. The first-order valence-corrected chi connectivity index (χ1v) is 6.59. The molecule has 2 heteroatoms. The maximum atomic E-state index is 10.6. The largest absolute Gasteiger partial charge is 0.384 e. The normalized spacial score (nSPS) is 14.4. The minimum absolute atomic E-state index is 0.273. The molecule has 2 aromatic rings. The molecule has 1 N–H and O–H groups in total. The third-order valence-corrected chi connectivity index (χ3v) is 3.63. The highest BCUT2D eigenvalue weighted by Crippen LogP contribution is 2.30. The average Bonchev–Trinajstić information content (AvgIpc) is 2.46. The van der Waals surface area contributed by atoms with E-state index in [9.17, 15) is 5.11 Å². The molecule has 0 aliphatic carbocycles. The topological polar surface area (TPSA) is 23.5 Å². The summed E-state index contributed by atoms with van der Waals surface area (Å²) in [5.74, 6) is 0. The molecule has 0 aliphatic heterocycles. The third-order valence-electron chi connectivity index (χ3n) is 3.63. The van der Waals surface area contributed by atoms with Crippen LogP contribution in [0.3, 0.4) is 0 Å². The van der Waals surface area contributed by atoms with Crippen LogP contribution in [0.5, 0.6) is 0 Å². The van der Waals surface area contributed by atoms with Gasteiger partial charge in [-0.2, -0.15) is 0 Å². The summed E-state index contributed by atoms with van der Waals surface area (Å²) >= 11 is 0. The molecule has 2 rings (SSSR count). The molecule has 100 valence electrons. The fourth-order valence-corrected chi connectivity index (χ4v) is 2.23. The van der Waals surface area contributed by atoms with Crippen molar-refractivity contribution in [1.29, 1.82) is 0 Å². The van der Waals surface area contributed by atoms with E-state index in [1.165, 1.54) is 5.56 Å². The number of aliphatic hydroxyl groups is 1. The molecule has 2 nitrogen and oxygen atoms in total. The van der Waals surface area contributed by atoms with Crippen LogP contribution in [0, 0.1) is 0 Å². The second-order valence-electron chi connectivity index (χ2n) is 5.08. The number of aliphatic hydroxyl groups excluding tert-OH is 1. The predicted octanol–water partition coefficient (Wildman–Crippen LogP) is 3.39. The molecule has 19 heavy (non-hydrogen) atoms. The summed E-state index contributed by atoms with van der Waals surface area (Å²) in [4.78, 5) is 2.15. The highest BCUT2D eigenvalue weighted by molar-refractivity contribution is 5.37. The third kappa shape index (κ3) is 3.03. The van der Waals surface area contributed by atoms with Crippen molar-refractivity contribution in [2.24, 2.45) is 0 Å². The molecule has 0 aromatic heterocycles. The van der Waals surface area contributed by atoms with Crippen molar-refractivity contribution in [2.75, 3.05) is 14.1 Å². The van der Waals surface area contributed by atoms with Gasteiger partial charge in [0.1, 0.15) is 6.10 Å². The van der Waals surface area contributed by atoms with E-state index in [0.29, 0.717) is 0 Å². The highest BCUT2D eigenvalue weighted by atomic mass is 16.3. The Hall–Kier alpha value is -1.64. The van der Waals surface area contributed by atoms with E-state index >= 15 is 0 Å². The van der Waals surface area contributed by atoms with Gasteiger partial charge in [-0.3, -0.25) is 0 Å². The zero-order valence-corrected chi connectivity index (χ0v) is 11.7. The van der Waals surface area contributed by atoms with Gasteiger partial charge in [-0.25, -0.2) is 0 Å². The van der Waals surface area contributed by atoms with Crippen LogP contribution in [0.25, 0.3) is 0 Å². The van der Waals surface area contributed by atoms with Crippen molar-refractivity contribution < 1.29 is 5.11 Å². The first-order chi connectivity index (χ1) is 9.11. The molecule has 0 saturated carbocycles. The zero-order valence-electron chi connectivity index (χ0n) is 11.7. The zero-order chi connectivity index (χ0) is 13.8. The number of hydrogen-bond acceptors (Lipinski definition) is 2. The van der Waals surface area contributed by atoms with Crippen LogP contribution >= 0.6 is 0 Å². The van der Waals surface area contributed by atoms with Crippen molar-refractivity contribution in [1.82, 2.24) is 4.90 Å². The van der Waals surface area contributed by atoms with Gasteiger partial charge in [0.05, 0.1) is 0 Å². The Kier molecular flexibility index (Phi) is 4.35. The molecule has 0 spiro atoms. The predicted molar refractivity (Wildman–Crippen MR) is 79.0 cm³/mol. The van der Waals surface area contributed by atoms with Crippen LogP contribution in [-0.2, 0) is 0 Å². The lowest BCUT2D eigenvalue weighted by molar-refractivity contribution is 0.215. The molecule has 0 aliphatic rings. The number of benzene rings is 2. The van der Waals surface area contributed by atoms with Crippen molar-refractivity contribution in [3.63, 3.8) is 0 Å².